The van der Waals surface area contributed by atoms with Crippen LogP contribution in [-0.2, 0) is 9.53 Å². The number of halogens is 1. The molecule has 0 aliphatic carbocycles. The first-order chi connectivity index (χ1) is 11.7. The SMILES string of the molecule is O=C1OC(c2ccc3ccccc3c2)=NC1=Cc1cccc(F)c1. The normalized spacial score (nSPS) is 15.6. The molecule has 116 valence electrons. The molecule has 0 radical (unpaired) electrons. The maximum Gasteiger partial charge on any atom is 0.363 e. The van der Waals surface area contributed by atoms with Gasteiger partial charge in [-0.3, -0.25) is 0 Å². The lowest BCUT2D eigenvalue weighted by molar-refractivity contribution is -0.129. The summed E-state index contributed by atoms with van der Waals surface area (Å²) in [6.45, 7) is 0. The van der Waals surface area contributed by atoms with Gasteiger partial charge in [0.25, 0.3) is 0 Å². The van der Waals surface area contributed by atoms with Crippen LogP contribution in [0.15, 0.2) is 77.4 Å². The summed E-state index contributed by atoms with van der Waals surface area (Å²) in [7, 11) is 0. The number of hydrogen-bond acceptors (Lipinski definition) is 3. The highest BCUT2D eigenvalue weighted by molar-refractivity contribution is 6.13. The van der Waals surface area contributed by atoms with E-state index in [9.17, 15) is 9.18 Å². The van der Waals surface area contributed by atoms with Gasteiger partial charge >= 0.3 is 5.97 Å². The van der Waals surface area contributed by atoms with Crippen molar-refractivity contribution in [3.63, 3.8) is 0 Å². The number of fused-ring (bicyclic) bond motifs is 1. The quantitative estimate of drug-likeness (QED) is 0.521. The highest BCUT2D eigenvalue weighted by Crippen LogP contribution is 2.22. The molecule has 0 bridgehead atoms. The lowest BCUT2D eigenvalue weighted by Gasteiger charge is -2.02. The molecule has 0 amide bonds. The van der Waals surface area contributed by atoms with Gasteiger partial charge in [-0.2, -0.15) is 0 Å². The second-order valence-electron chi connectivity index (χ2n) is 5.45. The molecule has 3 aromatic rings. The first-order valence-corrected chi connectivity index (χ1v) is 7.46. The molecule has 0 atom stereocenters. The number of benzene rings is 3. The molecule has 0 saturated heterocycles. The minimum absolute atomic E-state index is 0.156. The molecule has 4 heteroatoms. The van der Waals surface area contributed by atoms with E-state index in [0.29, 0.717) is 5.56 Å². The number of carbonyl (C=O) groups excluding carboxylic acids is 1. The largest absolute Gasteiger partial charge is 0.402 e. The number of rotatable bonds is 2. The number of carbonyl (C=O) groups is 1. The lowest BCUT2D eigenvalue weighted by atomic mass is 10.1. The van der Waals surface area contributed by atoms with Crippen LogP contribution in [0, 0.1) is 5.82 Å². The molecule has 0 N–H and O–H groups in total. The third-order valence-electron chi connectivity index (χ3n) is 3.77. The summed E-state index contributed by atoms with van der Waals surface area (Å²) in [6, 6.07) is 19.6. The van der Waals surface area contributed by atoms with Gasteiger partial charge in [-0.1, -0.05) is 42.5 Å². The topological polar surface area (TPSA) is 38.7 Å². The molecule has 1 aliphatic rings. The summed E-state index contributed by atoms with van der Waals surface area (Å²) in [4.78, 5) is 16.3. The van der Waals surface area contributed by atoms with Crippen LogP contribution in [-0.4, -0.2) is 11.9 Å². The van der Waals surface area contributed by atoms with Crippen molar-refractivity contribution >= 4 is 28.7 Å². The Morgan fingerprint density at radius 2 is 1.75 bits per heavy atom. The Morgan fingerprint density at radius 3 is 2.58 bits per heavy atom. The first kappa shape index (κ1) is 14.3. The average Bonchev–Trinajstić information content (AvgIpc) is 2.95. The zero-order chi connectivity index (χ0) is 16.5. The van der Waals surface area contributed by atoms with Crippen LogP contribution in [0.4, 0.5) is 4.39 Å². The van der Waals surface area contributed by atoms with Crippen molar-refractivity contribution in [3.05, 3.63) is 89.4 Å². The second kappa shape index (κ2) is 5.74. The summed E-state index contributed by atoms with van der Waals surface area (Å²) in [5.41, 5.74) is 1.44. The maximum absolute atomic E-state index is 13.2. The number of aliphatic imine (C=N–C) groups is 1. The zero-order valence-electron chi connectivity index (χ0n) is 12.6. The van der Waals surface area contributed by atoms with Gasteiger partial charge in [0.2, 0.25) is 5.90 Å². The van der Waals surface area contributed by atoms with Gasteiger partial charge in [0.05, 0.1) is 0 Å². The molecule has 0 aromatic heterocycles. The van der Waals surface area contributed by atoms with Gasteiger partial charge in [-0.05, 0) is 46.7 Å². The van der Waals surface area contributed by atoms with E-state index in [1.54, 1.807) is 12.1 Å². The van der Waals surface area contributed by atoms with E-state index in [2.05, 4.69) is 4.99 Å². The molecule has 1 aliphatic heterocycles. The van der Waals surface area contributed by atoms with E-state index >= 15 is 0 Å². The van der Waals surface area contributed by atoms with Crippen LogP contribution in [0.1, 0.15) is 11.1 Å². The number of ether oxygens (including phenoxy) is 1. The fourth-order valence-electron chi connectivity index (χ4n) is 2.61. The van der Waals surface area contributed by atoms with Crippen molar-refractivity contribution in [1.82, 2.24) is 0 Å². The third kappa shape index (κ3) is 2.70. The highest BCUT2D eigenvalue weighted by atomic mass is 19.1. The summed E-state index contributed by atoms with van der Waals surface area (Å²) in [5.74, 6) is -0.648. The van der Waals surface area contributed by atoms with Crippen LogP contribution in [0.25, 0.3) is 16.8 Å². The zero-order valence-corrected chi connectivity index (χ0v) is 12.6. The van der Waals surface area contributed by atoms with Crippen LogP contribution in [0.2, 0.25) is 0 Å². The smallest absolute Gasteiger partial charge is 0.363 e. The molecule has 0 fully saturated rings. The Morgan fingerprint density at radius 1 is 0.917 bits per heavy atom. The van der Waals surface area contributed by atoms with E-state index in [0.717, 1.165) is 16.3 Å². The molecule has 0 saturated carbocycles. The Kier molecular flexibility index (Phi) is 3.43. The van der Waals surface area contributed by atoms with Crippen molar-refractivity contribution in [1.29, 1.82) is 0 Å². The highest BCUT2D eigenvalue weighted by Gasteiger charge is 2.24. The van der Waals surface area contributed by atoms with Crippen molar-refractivity contribution in [2.45, 2.75) is 0 Å². The van der Waals surface area contributed by atoms with E-state index in [1.165, 1.54) is 18.2 Å². The average molecular weight is 317 g/mol. The number of esters is 1. The van der Waals surface area contributed by atoms with Crippen LogP contribution in [0.3, 0.4) is 0 Å². The third-order valence-corrected chi connectivity index (χ3v) is 3.77. The Bertz CT molecular complexity index is 1020. The molecule has 3 aromatic carbocycles. The Labute approximate surface area is 137 Å². The molecule has 4 rings (SSSR count). The molecule has 24 heavy (non-hydrogen) atoms. The Balaban J connectivity index is 1.72. The molecular formula is C20H12FNO2. The van der Waals surface area contributed by atoms with Crippen LogP contribution < -0.4 is 0 Å². The fourth-order valence-corrected chi connectivity index (χ4v) is 2.61. The van der Waals surface area contributed by atoms with Crippen molar-refractivity contribution < 1.29 is 13.9 Å². The van der Waals surface area contributed by atoms with E-state index < -0.39 is 5.97 Å². The predicted octanol–water partition coefficient (Wildman–Crippen LogP) is 4.32. The van der Waals surface area contributed by atoms with Crippen LogP contribution in [0.5, 0.6) is 0 Å². The Hall–Kier alpha value is -3.27. The van der Waals surface area contributed by atoms with Crippen molar-refractivity contribution in [3.8, 4) is 0 Å². The van der Waals surface area contributed by atoms with Gasteiger partial charge in [0.15, 0.2) is 5.70 Å². The fraction of sp³-hybridized carbons (Fsp3) is 0. The van der Waals surface area contributed by atoms with Gasteiger partial charge in [0, 0.05) is 5.56 Å². The first-order valence-electron chi connectivity index (χ1n) is 7.46. The van der Waals surface area contributed by atoms with E-state index in [1.807, 2.05) is 42.5 Å². The number of cyclic esters (lactones) is 1. The summed E-state index contributed by atoms with van der Waals surface area (Å²) < 4.78 is 18.5. The lowest BCUT2D eigenvalue weighted by Crippen LogP contribution is -2.05. The molecule has 1 heterocycles. The van der Waals surface area contributed by atoms with Crippen LogP contribution >= 0.6 is 0 Å². The monoisotopic (exact) mass is 317 g/mol. The van der Waals surface area contributed by atoms with Crippen molar-refractivity contribution in [2.75, 3.05) is 0 Å². The standard InChI is InChI=1S/C20H12FNO2/c21-17-7-3-4-13(10-17)11-18-20(23)24-19(22-18)16-9-8-14-5-1-2-6-15(14)12-16/h1-12H. The van der Waals surface area contributed by atoms with Gasteiger partial charge in [-0.15, -0.1) is 0 Å². The van der Waals surface area contributed by atoms with E-state index in [4.69, 9.17) is 4.74 Å². The predicted molar refractivity (Wildman–Crippen MR) is 91.0 cm³/mol. The van der Waals surface area contributed by atoms with E-state index in [-0.39, 0.29) is 17.4 Å². The number of nitrogens with zero attached hydrogens (tertiary/aromatic N) is 1. The van der Waals surface area contributed by atoms with Crippen molar-refractivity contribution in [2.24, 2.45) is 4.99 Å². The molecule has 0 unspecified atom stereocenters. The van der Waals surface area contributed by atoms with Gasteiger partial charge in [0.1, 0.15) is 5.82 Å². The maximum atomic E-state index is 13.2. The minimum Gasteiger partial charge on any atom is -0.402 e. The summed E-state index contributed by atoms with van der Waals surface area (Å²) in [5, 5.41) is 2.14. The molecule has 0 spiro atoms. The minimum atomic E-state index is -0.539. The summed E-state index contributed by atoms with van der Waals surface area (Å²) >= 11 is 0. The van der Waals surface area contributed by atoms with Gasteiger partial charge in [-0.25, -0.2) is 14.2 Å². The van der Waals surface area contributed by atoms with Gasteiger partial charge < -0.3 is 4.74 Å². The summed E-state index contributed by atoms with van der Waals surface area (Å²) in [6.07, 6.45) is 1.51. The molecule has 3 nitrogen and oxygen atoms in total. The molecular weight excluding hydrogens is 305 g/mol. The number of hydrogen-bond donors (Lipinski definition) is 0. The second-order valence-corrected chi connectivity index (χ2v) is 5.45.